The van der Waals surface area contributed by atoms with Gasteiger partial charge in [0.2, 0.25) is 0 Å². The number of aliphatic imine (C=N–C) groups is 1. The van der Waals surface area contributed by atoms with Gasteiger partial charge in [0.1, 0.15) is 11.4 Å². The van der Waals surface area contributed by atoms with Gasteiger partial charge >= 0.3 is 0 Å². The van der Waals surface area contributed by atoms with Gasteiger partial charge in [-0.3, -0.25) is 4.99 Å². The summed E-state index contributed by atoms with van der Waals surface area (Å²) in [6.07, 6.45) is 4.61. The number of nitrogens with zero attached hydrogens (tertiary/aromatic N) is 3. The van der Waals surface area contributed by atoms with Gasteiger partial charge < -0.3 is 20.4 Å². The number of fused-ring (bicyclic) bond motifs is 1. The fourth-order valence-corrected chi connectivity index (χ4v) is 2.17. The monoisotopic (exact) mass is 311 g/mol. The molecule has 7 nitrogen and oxygen atoms in total. The van der Waals surface area contributed by atoms with E-state index in [-0.39, 0.29) is 28.7 Å². The number of phenols is 4. The molecule has 1 heterocycles. The Bertz CT molecular complexity index is 909. The summed E-state index contributed by atoms with van der Waals surface area (Å²) in [5.74, 6) is -0.552. The molecular weight excluding hydrogens is 298 g/mol. The molecule has 0 atom stereocenters. The van der Waals surface area contributed by atoms with Gasteiger partial charge in [0, 0.05) is 24.1 Å². The van der Waals surface area contributed by atoms with Crippen LogP contribution in [0.4, 0.5) is 5.69 Å². The van der Waals surface area contributed by atoms with Crippen LogP contribution in [-0.2, 0) is 6.42 Å². The smallest absolute Gasteiger partial charge is 0.157 e. The molecule has 116 valence electrons. The zero-order valence-corrected chi connectivity index (χ0v) is 11.9. The van der Waals surface area contributed by atoms with Crippen LogP contribution in [0.5, 0.6) is 23.0 Å². The van der Waals surface area contributed by atoms with Crippen molar-refractivity contribution in [3.05, 3.63) is 42.2 Å². The number of phenolic OH excluding ortho intramolecular Hbond substituents is 4. The Kier molecular flexibility index (Phi) is 3.68. The van der Waals surface area contributed by atoms with E-state index >= 15 is 0 Å². The summed E-state index contributed by atoms with van der Waals surface area (Å²) in [6.45, 7) is 0. The van der Waals surface area contributed by atoms with E-state index in [2.05, 4.69) is 15.2 Å². The molecule has 0 aliphatic heterocycles. The number of benzene rings is 2. The highest BCUT2D eigenvalue weighted by Crippen LogP contribution is 2.39. The van der Waals surface area contributed by atoms with E-state index in [9.17, 15) is 20.4 Å². The highest BCUT2D eigenvalue weighted by Gasteiger charge is 2.10. The Morgan fingerprint density at radius 1 is 0.870 bits per heavy atom. The van der Waals surface area contributed by atoms with Gasteiger partial charge in [-0.15, -0.1) is 0 Å². The Morgan fingerprint density at radius 3 is 2.35 bits per heavy atom. The third-order valence-corrected chi connectivity index (χ3v) is 3.37. The number of aromatic nitrogens is 2. The first-order valence-corrected chi connectivity index (χ1v) is 6.75. The molecule has 23 heavy (non-hydrogen) atoms. The molecule has 4 N–H and O–H groups in total. The van der Waals surface area contributed by atoms with Crippen molar-refractivity contribution in [3.63, 3.8) is 0 Å². The quantitative estimate of drug-likeness (QED) is 0.335. The van der Waals surface area contributed by atoms with Gasteiger partial charge in [-0.1, -0.05) is 6.07 Å². The highest BCUT2D eigenvalue weighted by atomic mass is 16.3. The lowest BCUT2D eigenvalue weighted by Crippen LogP contribution is -1.86. The van der Waals surface area contributed by atoms with E-state index in [4.69, 9.17) is 0 Å². The molecule has 3 rings (SSSR count). The second-order valence-electron chi connectivity index (χ2n) is 4.92. The Balaban J connectivity index is 1.89. The van der Waals surface area contributed by atoms with E-state index in [1.54, 1.807) is 6.07 Å². The molecule has 0 unspecified atom stereocenters. The van der Waals surface area contributed by atoms with Crippen LogP contribution in [0.3, 0.4) is 0 Å². The van der Waals surface area contributed by atoms with Gasteiger partial charge in [0.25, 0.3) is 0 Å². The first-order chi connectivity index (χ1) is 11.1. The van der Waals surface area contributed by atoms with E-state index in [0.717, 1.165) is 5.56 Å². The second kappa shape index (κ2) is 5.80. The molecular formula is C16H13N3O4. The van der Waals surface area contributed by atoms with Crippen molar-refractivity contribution in [3.8, 4) is 23.0 Å². The third-order valence-electron chi connectivity index (χ3n) is 3.37. The average Bonchev–Trinajstić information content (AvgIpc) is 2.55. The van der Waals surface area contributed by atoms with Crippen molar-refractivity contribution < 1.29 is 20.4 Å². The Morgan fingerprint density at radius 2 is 1.61 bits per heavy atom. The topological polar surface area (TPSA) is 119 Å². The first-order valence-electron chi connectivity index (χ1n) is 6.75. The number of rotatable bonds is 3. The van der Waals surface area contributed by atoms with Crippen molar-refractivity contribution >= 4 is 22.7 Å². The molecule has 0 saturated carbocycles. The van der Waals surface area contributed by atoms with E-state index in [0.29, 0.717) is 17.2 Å². The lowest BCUT2D eigenvalue weighted by Gasteiger charge is -2.05. The molecule has 0 aliphatic rings. The normalized spacial score (nSPS) is 11.3. The zero-order valence-electron chi connectivity index (χ0n) is 11.9. The van der Waals surface area contributed by atoms with Crippen molar-refractivity contribution in [2.24, 2.45) is 4.99 Å². The molecule has 0 saturated heterocycles. The number of hydrogen-bond acceptors (Lipinski definition) is 7. The first kappa shape index (κ1) is 14.6. The van der Waals surface area contributed by atoms with Gasteiger partial charge in [0.15, 0.2) is 17.2 Å². The number of hydrogen-bond donors (Lipinski definition) is 4. The lowest BCUT2D eigenvalue weighted by atomic mass is 10.1. The summed E-state index contributed by atoms with van der Waals surface area (Å²) < 4.78 is 0. The largest absolute Gasteiger partial charge is 0.507 e. The summed E-state index contributed by atoms with van der Waals surface area (Å²) in [4.78, 5) is 4.14. The van der Waals surface area contributed by atoms with Crippen LogP contribution in [0, 0.1) is 0 Å². The van der Waals surface area contributed by atoms with Crippen molar-refractivity contribution in [1.82, 2.24) is 10.2 Å². The Labute approximate surface area is 130 Å². The summed E-state index contributed by atoms with van der Waals surface area (Å²) in [5, 5.41) is 46.9. The van der Waals surface area contributed by atoms with Crippen LogP contribution in [0.1, 0.15) is 5.56 Å². The predicted molar refractivity (Wildman–Crippen MR) is 84.5 cm³/mol. The zero-order chi connectivity index (χ0) is 16.4. The molecule has 1 aromatic heterocycles. The molecule has 0 amide bonds. The highest BCUT2D eigenvalue weighted by molar-refractivity contribution is 5.96. The SMILES string of the molecule is Oc1ccc(CC=Nc2cc(O)c3cnncc3c2O)cc1O. The van der Waals surface area contributed by atoms with Crippen LogP contribution in [0.2, 0.25) is 0 Å². The van der Waals surface area contributed by atoms with Gasteiger partial charge in [0.05, 0.1) is 17.8 Å². The second-order valence-corrected chi connectivity index (χ2v) is 4.92. The van der Waals surface area contributed by atoms with E-state index in [1.807, 2.05) is 0 Å². The summed E-state index contributed by atoms with van der Waals surface area (Å²) in [7, 11) is 0. The van der Waals surface area contributed by atoms with E-state index in [1.165, 1.54) is 36.8 Å². The van der Waals surface area contributed by atoms with Gasteiger partial charge in [-0.2, -0.15) is 10.2 Å². The van der Waals surface area contributed by atoms with Crippen LogP contribution < -0.4 is 0 Å². The molecule has 0 aliphatic carbocycles. The summed E-state index contributed by atoms with van der Waals surface area (Å²) in [5.41, 5.74) is 0.936. The van der Waals surface area contributed by atoms with Gasteiger partial charge in [-0.05, 0) is 17.7 Å². The molecule has 2 aromatic carbocycles. The van der Waals surface area contributed by atoms with Gasteiger partial charge in [-0.25, -0.2) is 0 Å². The summed E-state index contributed by atoms with van der Waals surface area (Å²) >= 11 is 0. The molecule has 0 spiro atoms. The maximum absolute atomic E-state index is 10.2. The molecule has 0 bridgehead atoms. The lowest BCUT2D eigenvalue weighted by molar-refractivity contribution is 0.403. The minimum Gasteiger partial charge on any atom is -0.507 e. The fourth-order valence-electron chi connectivity index (χ4n) is 2.17. The van der Waals surface area contributed by atoms with Crippen LogP contribution in [-0.4, -0.2) is 36.8 Å². The fraction of sp³-hybridized carbons (Fsp3) is 0.0625. The van der Waals surface area contributed by atoms with Crippen LogP contribution in [0.25, 0.3) is 10.8 Å². The minimum absolute atomic E-state index is 0.0536. The standard InChI is InChI=1S/C16H13N3O4/c20-13-2-1-9(5-15(13)22)3-4-17-12-6-14(21)10-7-18-19-8-11(10)16(12)23/h1-2,4-8,20-23H,3H2. The van der Waals surface area contributed by atoms with Crippen molar-refractivity contribution in [2.75, 3.05) is 0 Å². The maximum atomic E-state index is 10.2. The molecule has 0 radical (unpaired) electrons. The van der Waals surface area contributed by atoms with Crippen molar-refractivity contribution in [2.45, 2.75) is 6.42 Å². The van der Waals surface area contributed by atoms with E-state index < -0.39 is 0 Å². The molecule has 7 heteroatoms. The molecule has 3 aromatic rings. The minimum atomic E-state index is -0.208. The third kappa shape index (κ3) is 2.84. The van der Waals surface area contributed by atoms with Crippen molar-refractivity contribution in [1.29, 1.82) is 0 Å². The summed E-state index contributed by atoms with van der Waals surface area (Å²) in [6, 6.07) is 5.80. The maximum Gasteiger partial charge on any atom is 0.157 e. The number of aromatic hydroxyl groups is 4. The Hall–Kier alpha value is -3.35. The van der Waals surface area contributed by atoms with Crippen LogP contribution >= 0.6 is 0 Å². The van der Waals surface area contributed by atoms with Crippen LogP contribution in [0.15, 0.2) is 41.7 Å². The average molecular weight is 311 g/mol. The molecule has 0 fully saturated rings. The predicted octanol–water partition coefficient (Wildman–Crippen LogP) is 2.40.